The maximum atomic E-state index is 12.6. The lowest BCUT2D eigenvalue weighted by Crippen LogP contribution is -2.46. The van der Waals surface area contributed by atoms with E-state index >= 15 is 0 Å². The molecule has 1 fully saturated rings. The zero-order valence-corrected chi connectivity index (χ0v) is 7.91. The third-order valence-electron chi connectivity index (χ3n) is 3.03. The van der Waals surface area contributed by atoms with Crippen LogP contribution in [-0.2, 0) is 0 Å². The van der Waals surface area contributed by atoms with E-state index in [0.29, 0.717) is 0 Å². The molecule has 1 atom stereocenters. The van der Waals surface area contributed by atoms with Crippen molar-refractivity contribution in [2.75, 3.05) is 0 Å². The molecule has 3 N–H and O–H groups in total. The summed E-state index contributed by atoms with van der Waals surface area (Å²) in [5, 5.41) is 9.98. The lowest BCUT2D eigenvalue weighted by molar-refractivity contribution is -0.0559. The summed E-state index contributed by atoms with van der Waals surface area (Å²) in [7, 11) is 0. The molecule has 0 saturated heterocycles. The predicted molar refractivity (Wildman–Crippen MR) is 52.1 cm³/mol. The second-order valence-corrected chi connectivity index (χ2v) is 3.99. The minimum Gasteiger partial charge on any atom is -0.388 e. The maximum Gasteiger partial charge on any atom is 0.123 e. The fourth-order valence-corrected chi connectivity index (χ4v) is 1.83. The third kappa shape index (κ3) is 1.53. The van der Waals surface area contributed by atoms with Gasteiger partial charge in [0, 0.05) is 0 Å². The van der Waals surface area contributed by atoms with Gasteiger partial charge in [-0.05, 0) is 37.0 Å². The first-order chi connectivity index (χ1) is 6.62. The molecule has 1 aliphatic rings. The fourth-order valence-electron chi connectivity index (χ4n) is 1.83. The minimum atomic E-state index is -0.766. The van der Waals surface area contributed by atoms with E-state index in [4.69, 9.17) is 5.73 Å². The summed E-state index contributed by atoms with van der Waals surface area (Å²) < 4.78 is 12.6. The van der Waals surface area contributed by atoms with E-state index in [1.54, 1.807) is 12.1 Å². The normalized spacial score (nSPS) is 21.4. The maximum absolute atomic E-state index is 12.6. The third-order valence-corrected chi connectivity index (χ3v) is 3.03. The van der Waals surface area contributed by atoms with Crippen LogP contribution in [0.4, 0.5) is 4.39 Å². The minimum absolute atomic E-state index is 0.276. The van der Waals surface area contributed by atoms with Gasteiger partial charge in [-0.2, -0.15) is 0 Å². The van der Waals surface area contributed by atoms with E-state index in [1.165, 1.54) is 12.1 Å². The summed E-state index contributed by atoms with van der Waals surface area (Å²) in [6.07, 6.45) is 2.50. The topological polar surface area (TPSA) is 46.2 Å². The van der Waals surface area contributed by atoms with Crippen LogP contribution in [0.2, 0.25) is 0 Å². The Hall–Kier alpha value is -0.930. The highest BCUT2D eigenvalue weighted by Gasteiger charge is 2.40. The van der Waals surface area contributed by atoms with Gasteiger partial charge in [-0.15, -0.1) is 0 Å². The smallest absolute Gasteiger partial charge is 0.123 e. The molecule has 76 valence electrons. The van der Waals surface area contributed by atoms with E-state index in [0.717, 1.165) is 24.8 Å². The summed E-state index contributed by atoms with van der Waals surface area (Å²) in [6, 6.07) is 5.62. The number of nitrogens with two attached hydrogens (primary N) is 1. The van der Waals surface area contributed by atoms with Crippen LogP contribution in [0, 0.1) is 5.82 Å². The predicted octanol–water partition coefficient (Wildman–Crippen LogP) is 1.74. The lowest BCUT2D eigenvalue weighted by Gasteiger charge is -2.41. The Morgan fingerprint density at radius 3 is 2.29 bits per heavy atom. The van der Waals surface area contributed by atoms with Crippen LogP contribution in [0.15, 0.2) is 24.3 Å². The number of rotatable bonds is 2. The Bertz CT molecular complexity index is 319. The van der Waals surface area contributed by atoms with E-state index in [9.17, 15) is 9.50 Å². The highest BCUT2D eigenvalue weighted by molar-refractivity contribution is 5.23. The first-order valence-corrected chi connectivity index (χ1v) is 4.85. The molecule has 1 aromatic rings. The molecule has 1 aliphatic carbocycles. The largest absolute Gasteiger partial charge is 0.388 e. The second-order valence-electron chi connectivity index (χ2n) is 3.99. The van der Waals surface area contributed by atoms with Crippen molar-refractivity contribution >= 4 is 0 Å². The van der Waals surface area contributed by atoms with Crippen LogP contribution in [0.1, 0.15) is 30.9 Å². The molecule has 0 amide bonds. The van der Waals surface area contributed by atoms with Crippen LogP contribution < -0.4 is 5.73 Å². The molecule has 0 heterocycles. The Morgan fingerprint density at radius 1 is 1.29 bits per heavy atom. The summed E-state index contributed by atoms with van der Waals surface area (Å²) in [5.74, 6) is -0.276. The van der Waals surface area contributed by atoms with Crippen LogP contribution in [0.3, 0.4) is 0 Å². The van der Waals surface area contributed by atoms with Gasteiger partial charge < -0.3 is 10.8 Å². The number of hydrogen-bond donors (Lipinski definition) is 2. The highest BCUT2D eigenvalue weighted by Crippen LogP contribution is 2.40. The van der Waals surface area contributed by atoms with Gasteiger partial charge >= 0.3 is 0 Å². The van der Waals surface area contributed by atoms with Gasteiger partial charge in [-0.25, -0.2) is 4.39 Å². The van der Waals surface area contributed by atoms with E-state index < -0.39 is 11.6 Å². The zero-order chi connectivity index (χ0) is 10.2. The van der Waals surface area contributed by atoms with Gasteiger partial charge in [0.25, 0.3) is 0 Å². The summed E-state index contributed by atoms with van der Waals surface area (Å²) in [6.45, 7) is 0. The Labute approximate surface area is 82.5 Å². The monoisotopic (exact) mass is 195 g/mol. The first-order valence-electron chi connectivity index (χ1n) is 4.85. The molecule has 14 heavy (non-hydrogen) atoms. The van der Waals surface area contributed by atoms with Crippen molar-refractivity contribution in [3.63, 3.8) is 0 Å². The highest BCUT2D eigenvalue weighted by atomic mass is 19.1. The van der Waals surface area contributed by atoms with Crippen molar-refractivity contribution in [1.82, 2.24) is 0 Å². The van der Waals surface area contributed by atoms with E-state index in [1.807, 2.05) is 0 Å². The molecular formula is C11H14FNO. The van der Waals surface area contributed by atoms with Gasteiger partial charge in [-0.1, -0.05) is 12.1 Å². The van der Waals surface area contributed by atoms with Crippen molar-refractivity contribution in [3.8, 4) is 0 Å². The Kier molecular flexibility index (Phi) is 2.29. The molecule has 3 heteroatoms. The average Bonchev–Trinajstić information content (AvgIpc) is 2.14. The van der Waals surface area contributed by atoms with Gasteiger partial charge in [0.2, 0.25) is 0 Å². The van der Waals surface area contributed by atoms with Crippen LogP contribution >= 0.6 is 0 Å². The Balaban J connectivity index is 2.18. The summed E-state index contributed by atoms with van der Waals surface area (Å²) in [5.41, 5.74) is 5.95. The first kappa shape index (κ1) is 9.62. The van der Waals surface area contributed by atoms with Crippen molar-refractivity contribution in [1.29, 1.82) is 0 Å². The van der Waals surface area contributed by atoms with Gasteiger partial charge in [0.1, 0.15) is 5.82 Å². The van der Waals surface area contributed by atoms with Gasteiger partial charge in [0.15, 0.2) is 0 Å². The van der Waals surface area contributed by atoms with Crippen LogP contribution in [-0.4, -0.2) is 10.7 Å². The Morgan fingerprint density at radius 2 is 1.86 bits per heavy atom. The van der Waals surface area contributed by atoms with Gasteiger partial charge in [-0.3, -0.25) is 0 Å². The van der Waals surface area contributed by atoms with Crippen molar-refractivity contribution in [3.05, 3.63) is 35.6 Å². The number of hydrogen-bond acceptors (Lipinski definition) is 2. The number of aliphatic hydroxyl groups is 1. The number of halogens is 1. The summed E-state index contributed by atoms with van der Waals surface area (Å²) >= 11 is 0. The van der Waals surface area contributed by atoms with E-state index in [-0.39, 0.29) is 5.82 Å². The summed E-state index contributed by atoms with van der Waals surface area (Å²) in [4.78, 5) is 0. The van der Waals surface area contributed by atoms with E-state index in [2.05, 4.69) is 0 Å². The van der Waals surface area contributed by atoms with Crippen molar-refractivity contribution in [2.24, 2.45) is 5.73 Å². The zero-order valence-electron chi connectivity index (χ0n) is 7.91. The molecule has 0 bridgehead atoms. The molecular weight excluding hydrogens is 181 g/mol. The molecule has 0 unspecified atom stereocenters. The van der Waals surface area contributed by atoms with Crippen LogP contribution in [0.25, 0.3) is 0 Å². The molecule has 0 aliphatic heterocycles. The van der Waals surface area contributed by atoms with Crippen LogP contribution in [0.5, 0.6) is 0 Å². The molecule has 0 aromatic heterocycles. The molecule has 0 spiro atoms. The van der Waals surface area contributed by atoms with Gasteiger partial charge in [0.05, 0.1) is 11.6 Å². The molecule has 2 nitrogen and oxygen atoms in total. The van der Waals surface area contributed by atoms with Crippen molar-refractivity contribution < 1.29 is 9.50 Å². The standard InChI is InChI=1S/C11H14FNO/c12-9-4-2-8(3-5-9)10(13)11(14)6-1-7-11/h2-5,10,14H,1,6-7,13H2/t10-/m0/s1. The number of benzene rings is 1. The molecule has 1 saturated carbocycles. The molecule has 0 radical (unpaired) electrons. The molecule has 1 aromatic carbocycles. The van der Waals surface area contributed by atoms with Crippen molar-refractivity contribution in [2.45, 2.75) is 30.9 Å². The SMILES string of the molecule is N[C@@H](c1ccc(F)cc1)C1(O)CCC1. The lowest BCUT2D eigenvalue weighted by atomic mass is 9.73. The fraction of sp³-hybridized carbons (Fsp3) is 0.455. The quantitative estimate of drug-likeness (QED) is 0.755. The average molecular weight is 195 g/mol. The molecule has 2 rings (SSSR count). The second kappa shape index (κ2) is 3.33.